The largest absolute Gasteiger partial charge is 0.323 e. The van der Waals surface area contributed by atoms with Crippen molar-refractivity contribution in [2.45, 2.75) is 25.3 Å². The lowest BCUT2D eigenvalue weighted by atomic mass is 10.0. The molecule has 100 valence electrons. The summed E-state index contributed by atoms with van der Waals surface area (Å²) in [6.45, 7) is 4.18. The minimum Gasteiger partial charge on any atom is -0.323 e. The van der Waals surface area contributed by atoms with Crippen LogP contribution in [0.1, 0.15) is 13.8 Å². The van der Waals surface area contributed by atoms with E-state index in [1.165, 1.54) is 11.2 Å². The quantitative estimate of drug-likeness (QED) is 0.782. The van der Waals surface area contributed by atoms with Crippen molar-refractivity contribution in [2.24, 2.45) is 11.7 Å². The van der Waals surface area contributed by atoms with Gasteiger partial charge in [-0.3, -0.25) is 4.79 Å². The fourth-order valence-corrected chi connectivity index (χ4v) is 4.49. The molecular formula is C10H20N2O3S2. The van der Waals surface area contributed by atoms with E-state index >= 15 is 0 Å². The van der Waals surface area contributed by atoms with Gasteiger partial charge in [-0.15, -0.1) is 0 Å². The predicted octanol–water partition coefficient (Wildman–Crippen LogP) is -0.0842. The Kier molecular flexibility index (Phi) is 4.86. The third-order valence-corrected chi connectivity index (χ3v) is 5.51. The SMILES string of the molecule is CC(C)[C@H](N)C(=O)N1CCSCC1S(C)(=O)=O. The van der Waals surface area contributed by atoms with Crippen molar-refractivity contribution in [3.8, 4) is 0 Å². The number of nitrogens with two attached hydrogens (primary N) is 1. The fourth-order valence-electron chi connectivity index (χ4n) is 1.66. The molecule has 1 rings (SSSR count). The number of carbonyl (C=O) groups is 1. The van der Waals surface area contributed by atoms with Crippen molar-refractivity contribution in [3.05, 3.63) is 0 Å². The van der Waals surface area contributed by atoms with E-state index in [0.717, 1.165) is 5.75 Å². The smallest absolute Gasteiger partial charge is 0.240 e. The maximum absolute atomic E-state index is 12.1. The van der Waals surface area contributed by atoms with Crippen molar-refractivity contribution in [1.29, 1.82) is 0 Å². The predicted molar refractivity (Wildman–Crippen MR) is 70.5 cm³/mol. The number of amides is 1. The minimum absolute atomic E-state index is 0.0114. The molecule has 1 aliphatic rings. The second kappa shape index (κ2) is 5.58. The first kappa shape index (κ1) is 14.8. The van der Waals surface area contributed by atoms with Gasteiger partial charge in [-0.2, -0.15) is 11.8 Å². The van der Waals surface area contributed by atoms with E-state index in [1.807, 2.05) is 13.8 Å². The van der Waals surface area contributed by atoms with Crippen LogP contribution in [0, 0.1) is 5.92 Å². The Labute approximate surface area is 107 Å². The molecule has 0 aromatic heterocycles. The van der Waals surface area contributed by atoms with Gasteiger partial charge in [0.25, 0.3) is 0 Å². The van der Waals surface area contributed by atoms with E-state index < -0.39 is 21.3 Å². The highest BCUT2D eigenvalue weighted by molar-refractivity contribution is 8.00. The second-order valence-electron chi connectivity index (χ2n) is 4.66. The van der Waals surface area contributed by atoms with Gasteiger partial charge in [0.2, 0.25) is 5.91 Å². The highest BCUT2D eigenvalue weighted by Crippen LogP contribution is 2.21. The molecule has 1 heterocycles. The number of thioether (sulfide) groups is 1. The number of nitrogens with zero attached hydrogens (tertiary/aromatic N) is 1. The van der Waals surface area contributed by atoms with Gasteiger partial charge in [0, 0.05) is 24.3 Å². The lowest BCUT2D eigenvalue weighted by Crippen LogP contribution is -2.56. The molecule has 1 fully saturated rings. The van der Waals surface area contributed by atoms with Crippen LogP contribution in [0.3, 0.4) is 0 Å². The average molecular weight is 280 g/mol. The van der Waals surface area contributed by atoms with Crippen LogP contribution in [0.15, 0.2) is 0 Å². The van der Waals surface area contributed by atoms with E-state index in [4.69, 9.17) is 5.73 Å². The molecule has 2 atom stereocenters. The molecule has 17 heavy (non-hydrogen) atoms. The van der Waals surface area contributed by atoms with E-state index in [2.05, 4.69) is 0 Å². The minimum atomic E-state index is -3.25. The monoisotopic (exact) mass is 280 g/mol. The maximum Gasteiger partial charge on any atom is 0.240 e. The van der Waals surface area contributed by atoms with Gasteiger partial charge >= 0.3 is 0 Å². The zero-order valence-electron chi connectivity index (χ0n) is 10.4. The van der Waals surface area contributed by atoms with Gasteiger partial charge in [-0.25, -0.2) is 8.42 Å². The van der Waals surface area contributed by atoms with Crippen LogP contribution in [-0.4, -0.2) is 54.9 Å². The van der Waals surface area contributed by atoms with Gasteiger partial charge in [0.15, 0.2) is 9.84 Å². The highest BCUT2D eigenvalue weighted by Gasteiger charge is 2.36. The molecule has 0 saturated carbocycles. The summed E-state index contributed by atoms with van der Waals surface area (Å²) in [6, 6.07) is -0.623. The second-order valence-corrected chi connectivity index (χ2v) is 8.01. The molecular weight excluding hydrogens is 260 g/mol. The molecule has 2 N–H and O–H groups in total. The van der Waals surface area contributed by atoms with Gasteiger partial charge in [-0.05, 0) is 5.92 Å². The topological polar surface area (TPSA) is 80.5 Å². The lowest BCUT2D eigenvalue weighted by molar-refractivity contribution is -0.133. The summed E-state index contributed by atoms with van der Waals surface area (Å²) in [5, 5.41) is -0.724. The van der Waals surface area contributed by atoms with Crippen LogP contribution in [0.2, 0.25) is 0 Å². The summed E-state index contributed by atoms with van der Waals surface area (Å²) in [5.41, 5.74) is 5.80. The Hall–Kier alpha value is -0.270. The van der Waals surface area contributed by atoms with E-state index in [9.17, 15) is 13.2 Å². The molecule has 0 radical (unpaired) electrons. The standard InChI is InChI=1S/C10H20N2O3S2/c1-7(2)9(11)10(13)12-4-5-16-6-8(12)17(3,14)15/h7-9H,4-6,11H2,1-3H3/t8?,9-/m0/s1. The molecule has 0 aromatic rings. The number of hydrogen-bond acceptors (Lipinski definition) is 5. The fraction of sp³-hybridized carbons (Fsp3) is 0.900. The van der Waals surface area contributed by atoms with Crippen LogP contribution < -0.4 is 5.73 Å². The Morgan fingerprint density at radius 3 is 2.53 bits per heavy atom. The Bertz CT molecular complexity index is 381. The maximum atomic E-state index is 12.1. The van der Waals surface area contributed by atoms with Crippen LogP contribution in [0.4, 0.5) is 0 Å². The molecule has 0 aliphatic carbocycles. The van der Waals surface area contributed by atoms with Crippen molar-refractivity contribution in [2.75, 3.05) is 24.3 Å². The summed E-state index contributed by atoms with van der Waals surface area (Å²) >= 11 is 1.56. The zero-order valence-corrected chi connectivity index (χ0v) is 12.1. The summed E-state index contributed by atoms with van der Waals surface area (Å²) < 4.78 is 23.3. The molecule has 1 aliphatic heterocycles. The third-order valence-electron chi connectivity index (χ3n) is 2.87. The van der Waals surface area contributed by atoms with Crippen molar-refractivity contribution in [3.63, 3.8) is 0 Å². The highest BCUT2D eigenvalue weighted by atomic mass is 32.2. The van der Waals surface area contributed by atoms with E-state index in [1.54, 1.807) is 11.8 Å². The van der Waals surface area contributed by atoms with E-state index in [0.29, 0.717) is 12.3 Å². The number of rotatable bonds is 3. The van der Waals surface area contributed by atoms with Gasteiger partial charge in [0.1, 0.15) is 5.37 Å². The van der Waals surface area contributed by atoms with Crippen LogP contribution in [-0.2, 0) is 14.6 Å². The number of hydrogen-bond donors (Lipinski definition) is 1. The van der Waals surface area contributed by atoms with E-state index in [-0.39, 0.29) is 11.8 Å². The third kappa shape index (κ3) is 3.59. The van der Waals surface area contributed by atoms with Crippen LogP contribution >= 0.6 is 11.8 Å². The number of carbonyl (C=O) groups excluding carboxylic acids is 1. The summed E-state index contributed by atoms with van der Waals surface area (Å²) in [7, 11) is -3.25. The zero-order chi connectivity index (χ0) is 13.2. The van der Waals surface area contributed by atoms with Gasteiger partial charge in [-0.1, -0.05) is 13.8 Å². The molecule has 7 heteroatoms. The molecule has 1 amide bonds. The van der Waals surface area contributed by atoms with Crippen LogP contribution in [0.5, 0.6) is 0 Å². The molecule has 5 nitrogen and oxygen atoms in total. The molecule has 1 saturated heterocycles. The average Bonchev–Trinajstić information content (AvgIpc) is 2.25. The first-order valence-electron chi connectivity index (χ1n) is 5.58. The summed E-state index contributed by atoms with van der Waals surface area (Å²) in [5.74, 6) is 0.964. The van der Waals surface area contributed by atoms with Gasteiger partial charge in [0.05, 0.1) is 6.04 Å². The van der Waals surface area contributed by atoms with Gasteiger partial charge < -0.3 is 10.6 Å². The molecule has 0 bridgehead atoms. The Balaban J connectivity index is 2.89. The molecule has 0 spiro atoms. The first-order valence-corrected chi connectivity index (χ1v) is 8.68. The Morgan fingerprint density at radius 2 is 2.06 bits per heavy atom. The van der Waals surface area contributed by atoms with Crippen molar-refractivity contribution < 1.29 is 13.2 Å². The Morgan fingerprint density at radius 1 is 1.47 bits per heavy atom. The summed E-state index contributed by atoms with van der Waals surface area (Å²) in [4.78, 5) is 13.6. The molecule has 0 aromatic carbocycles. The normalized spacial score (nSPS) is 23.8. The summed E-state index contributed by atoms with van der Waals surface area (Å²) in [6.07, 6.45) is 1.17. The first-order chi connectivity index (χ1) is 7.75. The van der Waals surface area contributed by atoms with Crippen molar-refractivity contribution >= 4 is 27.5 Å². The molecule has 1 unspecified atom stereocenters. The van der Waals surface area contributed by atoms with Crippen molar-refractivity contribution in [1.82, 2.24) is 4.90 Å². The number of sulfone groups is 1. The van der Waals surface area contributed by atoms with Crippen LogP contribution in [0.25, 0.3) is 0 Å². The lowest BCUT2D eigenvalue weighted by Gasteiger charge is -2.36.